The maximum Gasteiger partial charge on any atom is 0.435 e. The van der Waals surface area contributed by atoms with Crippen LogP contribution in [0.15, 0.2) is 42.5 Å². The Hall–Kier alpha value is -3.09. The van der Waals surface area contributed by atoms with Gasteiger partial charge < -0.3 is 5.32 Å². The van der Waals surface area contributed by atoms with Crippen molar-refractivity contribution in [3.8, 4) is 5.69 Å². The van der Waals surface area contributed by atoms with Crippen molar-refractivity contribution < 1.29 is 18.0 Å². The van der Waals surface area contributed by atoms with Gasteiger partial charge >= 0.3 is 6.18 Å². The maximum atomic E-state index is 13.4. The number of nitrogens with one attached hydrogen (secondary N) is 1. The Morgan fingerprint density at radius 1 is 1.03 bits per heavy atom. The Morgan fingerprint density at radius 2 is 1.73 bits per heavy atom. The van der Waals surface area contributed by atoms with Crippen LogP contribution in [0.4, 0.5) is 18.9 Å². The van der Waals surface area contributed by atoms with Crippen molar-refractivity contribution in [3.05, 3.63) is 76.1 Å². The third-order valence-electron chi connectivity index (χ3n) is 5.68. The topological polar surface area (TPSA) is 46.9 Å². The smallest absolute Gasteiger partial charge is 0.322 e. The third-order valence-corrected chi connectivity index (χ3v) is 5.68. The molecule has 0 radical (unpaired) electrons. The van der Waals surface area contributed by atoms with Gasteiger partial charge in [-0.15, -0.1) is 0 Å². The molecule has 0 fully saturated rings. The highest BCUT2D eigenvalue weighted by Gasteiger charge is 2.39. The van der Waals surface area contributed by atoms with Crippen molar-refractivity contribution in [3.63, 3.8) is 0 Å². The first-order chi connectivity index (χ1) is 14.3. The largest absolute Gasteiger partial charge is 0.435 e. The minimum absolute atomic E-state index is 0.270. The molecule has 4 rings (SSSR count). The summed E-state index contributed by atoms with van der Waals surface area (Å²) in [4.78, 5) is 12.6. The van der Waals surface area contributed by atoms with Gasteiger partial charge in [-0.25, -0.2) is 4.68 Å². The van der Waals surface area contributed by atoms with Gasteiger partial charge in [-0.1, -0.05) is 12.1 Å². The summed E-state index contributed by atoms with van der Waals surface area (Å²) in [5, 5.41) is 6.78. The number of aryl methyl sites for hydroxylation is 1. The number of fused-ring (bicyclic) bond motifs is 1. The predicted molar refractivity (Wildman–Crippen MR) is 109 cm³/mol. The number of rotatable bonds is 3. The molecule has 0 saturated carbocycles. The van der Waals surface area contributed by atoms with Crippen molar-refractivity contribution in [1.29, 1.82) is 0 Å². The van der Waals surface area contributed by atoms with Gasteiger partial charge in [-0.3, -0.25) is 4.79 Å². The second-order valence-corrected chi connectivity index (χ2v) is 7.64. The summed E-state index contributed by atoms with van der Waals surface area (Å²) < 4.78 is 41.6. The van der Waals surface area contributed by atoms with E-state index in [-0.39, 0.29) is 5.91 Å². The average molecular weight is 413 g/mol. The van der Waals surface area contributed by atoms with Gasteiger partial charge in [0.25, 0.3) is 5.91 Å². The van der Waals surface area contributed by atoms with E-state index in [1.165, 1.54) is 4.68 Å². The van der Waals surface area contributed by atoms with Gasteiger partial charge in [0.2, 0.25) is 0 Å². The highest BCUT2D eigenvalue weighted by Crippen LogP contribution is 2.36. The van der Waals surface area contributed by atoms with Crippen LogP contribution in [-0.4, -0.2) is 15.7 Å². The molecule has 1 aromatic heterocycles. The number of alkyl halides is 3. The number of benzene rings is 2. The molecule has 0 bridgehead atoms. The molecule has 1 aliphatic carbocycles. The molecule has 0 saturated heterocycles. The number of carbonyl (C=O) groups excluding carboxylic acids is 1. The fourth-order valence-corrected chi connectivity index (χ4v) is 3.88. The van der Waals surface area contributed by atoms with E-state index in [0.717, 1.165) is 29.7 Å². The van der Waals surface area contributed by atoms with Gasteiger partial charge in [0.1, 0.15) is 0 Å². The molecule has 3 aromatic rings. The van der Waals surface area contributed by atoms with Crippen LogP contribution in [0.3, 0.4) is 0 Å². The minimum atomic E-state index is -4.47. The quantitative estimate of drug-likeness (QED) is 0.604. The van der Waals surface area contributed by atoms with Crippen LogP contribution >= 0.6 is 0 Å². The van der Waals surface area contributed by atoms with E-state index < -0.39 is 11.9 Å². The molecule has 0 unspecified atom stereocenters. The second kappa shape index (κ2) is 7.63. The monoisotopic (exact) mass is 413 g/mol. The molecule has 156 valence electrons. The lowest BCUT2D eigenvalue weighted by molar-refractivity contribution is -0.142. The lowest BCUT2D eigenvalue weighted by Gasteiger charge is -2.15. The zero-order valence-electron chi connectivity index (χ0n) is 16.8. The van der Waals surface area contributed by atoms with E-state index >= 15 is 0 Å². The first-order valence-corrected chi connectivity index (χ1v) is 9.91. The van der Waals surface area contributed by atoms with Gasteiger partial charge in [0, 0.05) is 22.5 Å². The minimum Gasteiger partial charge on any atom is -0.322 e. The number of nitrogens with zero attached hydrogens (tertiary/aromatic N) is 2. The number of carbonyl (C=O) groups is 1. The summed E-state index contributed by atoms with van der Waals surface area (Å²) in [6, 6.07) is 12.2. The number of hydrogen-bond donors (Lipinski definition) is 1. The van der Waals surface area contributed by atoms with Crippen LogP contribution in [0.25, 0.3) is 5.69 Å². The van der Waals surface area contributed by atoms with Crippen molar-refractivity contribution in [2.45, 2.75) is 45.7 Å². The Bertz CT molecular complexity index is 1100. The number of amides is 1. The van der Waals surface area contributed by atoms with Gasteiger partial charge in [-0.05, 0) is 81.0 Å². The van der Waals surface area contributed by atoms with Gasteiger partial charge in [0.05, 0.1) is 5.69 Å². The third kappa shape index (κ3) is 3.72. The molecule has 0 atom stereocenters. The first kappa shape index (κ1) is 20.2. The van der Waals surface area contributed by atoms with Crippen LogP contribution in [0.5, 0.6) is 0 Å². The number of halogens is 3. The lowest BCUT2D eigenvalue weighted by Crippen LogP contribution is -2.13. The summed E-state index contributed by atoms with van der Waals surface area (Å²) in [6.07, 6.45) is -1.95. The molecule has 4 nitrogen and oxygen atoms in total. The highest BCUT2D eigenvalue weighted by molar-refractivity contribution is 6.04. The SMILES string of the molecule is Cc1cccc(NC(=O)c2ccc(-n3nc(C(F)(F)F)c4c3CCCC4)cc2)c1C. The van der Waals surface area contributed by atoms with E-state index in [9.17, 15) is 18.0 Å². The van der Waals surface area contributed by atoms with Crippen LogP contribution in [0.1, 0.15) is 51.3 Å². The zero-order chi connectivity index (χ0) is 21.5. The Labute approximate surface area is 172 Å². The molecule has 1 heterocycles. The van der Waals surface area contributed by atoms with E-state index in [0.29, 0.717) is 35.3 Å². The fraction of sp³-hybridized carbons (Fsp3) is 0.304. The predicted octanol–water partition coefficient (Wildman–Crippen LogP) is 5.64. The molecule has 0 aliphatic heterocycles. The lowest BCUT2D eigenvalue weighted by atomic mass is 9.95. The molecule has 0 spiro atoms. The highest BCUT2D eigenvalue weighted by atomic mass is 19.4. The standard InChI is InChI=1S/C23H22F3N3O/c1-14-6-5-8-19(15(14)2)27-22(30)16-10-12-17(13-11-16)29-20-9-4-3-7-18(20)21(28-29)23(24,25)26/h5-6,8,10-13H,3-4,7,9H2,1-2H3,(H,27,30). The fourth-order valence-electron chi connectivity index (χ4n) is 3.88. The van der Waals surface area contributed by atoms with Crippen molar-refractivity contribution >= 4 is 11.6 Å². The number of hydrogen-bond acceptors (Lipinski definition) is 2. The Morgan fingerprint density at radius 3 is 2.43 bits per heavy atom. The van der Waals surface area contributed by atoms with Gasteiger partial charge in [0.15, 0.2) is 5.69 Å². The summed E-state index contributed by atoms with van der Waals surface area (Å²) >= 11 is 0. The molecule has 1 amide bonds. The van der Waals surface area contributed by atoms with Crippen LogP contribution in [0, 0.1) is 13.8 Å². The second-order valence-electron chi connectivity index (χ2n) is 7.64. The van der Waals surface area contributed by atoms with Gasteiger partial charge in [-0.2, -0.15) is 18.3 Å². The number of aromatic nitrogens is 2. The molecular weight excluding hydrogens is 391 g/mol. The molecule has 2 aromatic carbocycles. The molecule has 1 aliphatic rings. The first-order valence-electron chi connectivity index (χ1n) is 9.91. The molecule has 30 heavy (non-hydrogen) atoms. The van der Waals surface area contributed by atoms with E-state index in [2.05, 4.69) is 10.4 Å². The maximum absolute atomic E-state index is 13.4. The molecule has 7 heteroatoms. The zero-order valence-corrected chi connectivity index (χ0v) is 16.8. The van der Waals surface area contributed by atoms with Crippen LogP contribution in [0.2, 0.25) is 0 Å². The van der Waals surface area contributed by atoms with E-state index in [1.807, 2.05) is 32.0 Å². The normalized spacial score (nSPS) is 13.8. The van der Waals surface area contributed by atoms with Crippen molar-refractivity contribution in [2.24, 2.45) is 0 Å². The Kier molecular flexibility index (Phi) is 5.13. The Balaban J connectivity index is 1.62. The summed E-state index contributed by atoms with van der Waals surface area (Å²) in [7, 11) is 0. The number of anilines is 1. The molecule has 1 N–H and O–H groups in total. The summed E-state index contributed by atoms with van der Waals surface area (Å²) in [6.45, 7) is 3.91. The average Bonchev–Trinajstić information content (AvgIpc) is 3.12. The van der Waals surface area contributed by atoms with Crippen LogP contribution in [-0.2, 0) is 19.0 Å². The van der Waals surface area contributed by atoms with E-state index in [4.69, 9.17) is 0 Å². The van der Waals surface area contributed by atoms with E-state index in [1.54, 1.807) is 24.3 Å². The van der Waals surface area contributed by atoms with Crippen LogP contribution < -0.4 is 5.32 Å². The summed E-state index contributed by atoms with van der Waals surface area (Å²) in [5.41, 5.74) is 3.86. The van der Waals surface area contributed by atoms with Crippen molar-refractivity contribution in [1.82, 2.24) is 9.78 Å². The summed E-state index contributed by atoms with van der Waals surface area (Å²) in [5.74, 6) is -0.270. The van der Waals surface area contributed by atoms with Crippen molar-refractivity contribution in [2.75, 3.05) is 5.32 Å². The molecular formula is C23H22F3N3O.